The largest absolute Gasteiger partial charge is 0.369 e. The Morgan fingerprint density at radius 1 is 1.28 bits per heavy atom. The number of aliphatic imine (C=N–C) groups is 1. The Kier molecular flexibility index (Phi) is 10.7. The van der Waals surface area contributed by atoms with Crippen LogP contribution in [0, 0.1) is 11.7 Å². The Hall–Kier alpha value is -1.76. The number of carbonyl (C=O) groups is 1. The van der Waals surface area contributed by atoms with Crippen molar-refractivity contribution in [1.29, 1.82) is 0 Å². The van der Waals surface area contributed by atoms with Crippen molar-refractivity contribution >= 4 is 23.6 Å². The third-order valence-electron chi connectivity index (χ3n) is 3.68. The molecule has 0 spiro atoms. The number of rotatable bonds is 11. The molecule has 0 saturated carbocycles. The molecule has 7 heteroatoms. The van der Waals surface area contributed by atoms with Gasteiger partial charge in [0.25, 0.3) is 0 Å². The summed E-state index contributed by atoms with van der Waals surface area (Å²) < 4.78 is 13.0. The molecule has 0 fully saturated rings. The lowest BCUT2D eigenvalue weighted by molar-refractivity contribution is -0.121. The van der Waals surface area contributed by atoms with Crippen LogP contribution in [-0.4, -0.2) is 43.5 Å². The number of halogens is 1. The van der Waals surface area contributed by atoms with E-state index in [1.54, 1.807) is 12.1 Å². The van der Waals surface area contributed by atoms with Crippen LogP contribution in [0.2, 0.25) is 0 Å². The molecule has 4 N–H and O–H groups in total. The standard InChI is InChI=1S/C18H29FN4OS/c1-3-21-18(22-10-4-5-11-25-2)23-13-15(17(20)24)12-14-6-8-16(19)9-7-14/h6-9,15H,3-5,10-13H2,1-2H3,(H2,20,24)(H2,21,22,23). The summed E-state index contributed by atoms with van der Waals surface area (Å²) in [5.74, 6) is 0.729. The van der Waals surface area contributed by atoms with Crippen LogP contribution in [0.5, 0.6) is 0 Å². The molecule has 0 aliphatic carbocycles. The summed E-state index contributed by atoms with van der Waals surface area (Å²) in [4.78, 5) is 16.2. The van der Waals surface area contributed by atoms with Gasteiger partial charge in [0, 0.05) is 13.1 Å². The summed E-state index contributed by atoms with van der Waals surface area (Å²) in [6.07, 6.45) is 4.78. The number of unbranched alkanes of at least 4 members (excludes halogenated alkanes) is 1. The van der Waals surface area contributed by atoms with Crippen LogP contribution in [0.3, 0.4) is 0 Å². The number of primary amides is 1. The van der Waals surface area contributed by atoms with Gasteiger partial charge in [-0.25, -0.2) is 4.39 Å². The maximum atomic E-state index is 13.0. The minimum absolute atomic E-state index is 0.294. The van der Waals surface area contributed by atoms with Crippen LogP contribution in [0.4, 0.5) is 4.39 Å². The first-order valence-corrected chi connectivity index (χ1v) is 10.0. The van der Waals surface area contributed by atoms with Gasteiger partial charge in [-0.15, -0.1) is 0 Å². The van der Waals surface area contributed by atoms with E-state index in [1.165, 1.54) is 12.1 Å². The molecule has 0 aliphatic rings. The zero-order valence-electron chi connectivity index (χ0n) is 15.1. The lowest BCUT2D eigenvalue weighted by atomic mass is 9.99. The van der Waals surface area contributed by atoms with Crippen molar-refractivity contribution in [3.05, 3.63) is 35.6 Å². The Labute approximate surface area is 154 Å². The third-order valence-corrected chi connectivity index (χ3v) is 4.38. The van der Waals surface area contributed by atoms with E-state index >= 15 is 0 Å². The molecule has 0 bridgehead atoms. The molecular weight excluding hydrogens is 339 g/mol. The predicted molar refractivity (Wildman–Crippen MR) is 104 cm³/mol. The first-order chi connectivity index (χ1) is 12.1. The second kappa shape index (κ2) is 12.6. The maximum absolute atomic E-state index is 13.0. The van der Waals surface area contributed by atoms with Crippen molar-refractivity contribution in [2.75, 3.05) is 31.6 Å². The van der Waals surface area contributed by atoms with Crippen LogP contribution in [-0.2, 0) is 11.2 Å². The van der Waals surface area contributed by atoms with Gasteiger partial charge in [0.2, 0.25) is 5.91 Å². The quantitative estimate of drug-likeness (QED) is 0.318. The highest BCUT2D eigenvalue weighted by molar-refractivity contribution is 7.98. The summed E-state index contributed by atoms with van der Waals surface area (Å²) in [7, 11) is 0. The van der Waals surface area contributed by atoms with Crippen molar-refractivity contribution in [3.8, 4) is 0 Å². The highest BCUT2D eigenvalue weighted by atomic mass is 32.2. The highest BCUT2D eigenvalue weighted by Gasteiger charge is 2.16. The minimum atomic E-state index is -0.419. The van der Waals surface area contributed by atoms with Crippen LogP contribution in [0.25, 0.3) is 0 Å². The normalized spacial score (nSPS) is 12.7. The van der Waals surface area contributed by atoms with E-state index in [0.717, 1.165) is 37.2 Å². The fourth-order valence-corrected chi connectivity index (χ4v) is 2.77. The zero-order valence-corrected chi connectivity index (χ0v) is 15.9. The summed E-state index contributed by atoms with van der Waals surface area (Å²) in [6.45, 7) is 3.88. The molecule has 5 nitrogen and oxygen atoms in total. The molecule has 0 heterocycles. The van der Waals surface area contributed by atoms with Crippen molar-refractivity contribution in [3.63, 3.8) is 0 Å². The van der Waals surface area contributed by atoms with Crippen molar-refractivity contribution in [2.24, 2.45) is 16.6 Å². The van der Waals surface area contributed by atoms with Crippen LogP contribution in [0.15, 0.2) is 29.3 Å². The number of nitrogens with two attached hydrogens (primary N) is 1. The fraction of sp³-hybridized carbons (Fsp3) is 0.556. The van der Waals surface area contributed by atoms with Crippen molar-refractivity contribution < 1.29 is 9.18 Å². The molecule has 25 heavy (non-hydrogen) atoms. The van der Waals surface area contributed by atoms with Crippen molar-refractivity contribution in [2.45, 2.75) is 26.2 Å². The predicted octanol–water partition coefficient (Wildman–Crippen LogP) is 2.17. The zero-order chi connectivity index (χ0) is 18.5. The molecule has 1 aromatic carbocycles. The van der Waals surface area contributed by atoms with Gasteiger partial charge >= 0.3 is 0 Å². The number of guanidine groups is 1. The second-order valence-corrected chi connectivity index (χ2v) is 6.76. The SMILES string of the molecule is CCNC(=NCC(Cc1ccc(F)cc1)C(N)=O)NCCCCSC. The fourth-order valence-electron chi connectivity index (χ4n) is 2.28. The van der Waals surface area contributed by atoms with Crippen molar-refractivity contribution in [1.82, 2.24) is 10.6 Å². The summed E-state index contributed by atoms with van der Waals surface area (Å²) in [6, 6.07) is 6.11. The first-order valence-electron chi connectivity index (χ1n) is 8.61. The molecule has 140 valence electrons. The van der Waals surface area contributed by atoms with E-state index in [4.69, 9.17) is 5.73 Å². The number of amides is 1. The van der Waals surface area contributed by atoms with E-state index in [1.807, 2.05) is 18.7 Å². The third kappa shape index (κ3) is 9.34. The van der Waals surface area contributed by atoms with Gasteiger partial charge in [-0.2, -0.15) is 11.8 Å². The Bertz CT molecular complexity index is 536. The Morgan fingerprint density at radius 2 is 2.00 bits per heavy atom. The topological polar surface area (TPSA) is 79.5 Å². The highest BCUT2D eigenvalue weighted by Crippen LogP contribution is 2.10. The number of carbonyl (C=O) groups excluding carboxylic acids is 1. The average molecular weight is 369 g/mol. The Balaban J connectivity index is 2.58. The molecule has 0 radical (unpaired) electrons. The Morgan fingerprint density at radius 3 is 2.60 bits per heavy atom. The number of hydrogen-bond acceptors (Lipinski definition) is 3. The van der Waals surface area contributed by atoms with E-state index in [2.05, 4.69) is 21.9 Å². The van der Waals surface area contributed by atoms with E-state index in [9.17, 15) is 9.18 Å². The molecule has 1 aromatic rings. The molecule has 1 rings (SSSR count). The lowest BCUT2D eigenvalue weighted by Gasteiger charge is -2.14. The van der Waals surface area contributed by atoms with Gasteiger partial charge in [0.1, 0.15) is 5.82 Å². The van der Waals surface area contributed by atoms with E-state index in [-0.39, 0.29) is 5.82 Å². The molecule has 1 unspecified atom stereocenters. The first kappa shape index (κ1) is 21.3. The molecule has 0 aromatic heterocycles. The summed E-state index contributed by atoms with van der Waals surface area (Å²) >= 11 is 1.84. The maximum Gasteiger partial charge on any atom is 0.222 e. The van der Waals surface area contributed by atoms with Gasteiger partial charge in [-0.3, -0.25) is 9.79 Å². The number of benzene rings is 1. The van der Waals surface area contributed by atoms with Crippen LogP contribution in [0.1, 0.15) is 25.3 Å². The van der Waals surface area contributed by atoms with Gasteiger partial charge < -0.3 is 16.4 Å². The number of thioether (sulfide) groups is 1. The van der Waals surface area contributed by atoms with Gasteiger partial charge in [-0.1, -0.05) is 12.1 Å². The molecule has 1 amide bonds. The van der Waals surface area contributed by atoms with Crippen LogP contribution >= 0.6 is 11.8 Å². The summed E-state index contributed by atoms with van der Waals surface area (Å²) in [5, 5.41) is 6.44. The van der Waals surface area contributed by atoms with Crippen LogP contribution < -0.4 is 16.4 Å². The molecule has 0 saturated heterocycles. The van der Waals surface area contributed by atoms with Gasteiger partial charge in [-0.05, 0) is 55.9 Å². The average Bonchev–Trinajstić information content (AvgIpc) is 2.59. The van der Waals surface area contributed by atoms with Gasteiger partial charge in [0.05, 0.1) is 12.5 Å². The van der Waals surface area contributed by atoms with E-state index in [0.29, 0.717) is 18.9 Å². The summed E-state index contributed by atoms with van der Waals surface area (Å²) in [5.41, 5.74) is 6.37. The van der Waals surface area contributed by atoms with E-state index < -0.39 is 11.8 Å². The smallest absolute Gasteiger partial charge is 0.222 e. The lowest BCUT2D eigenvalue weighted by Crippen LogP contribution is -2.39. The minimum Gasteiger partial charge on any atom is -0.369 e. The monoisotopic (exact) mass is 368 g/mol. The number of nitrogens with zero attached hydrogens (tertiary/aromatic N) is 1. The molecule has 0 aliphatic heterocycles. The second-order valence-electron chi connectivity index (χ2n) is 5.78. The number of hydrogen-bond donors (Lipinski definition) is 3. The molecule has 1 atom stereocenters. The molecular formula is C18H29FN4OS. The number of nitrogens with one attached hydrogen (secondary N) is 2. The van der Waals surface area contributed by atoms with Gasteiger partial charge in [0.15, 0.2) is 5.96 Å².